The van der Waals surface area contributed by atoms with Gasteiger partial charge in [-0.05, 0) is 53.4 Å². The fourth-order valence-electron chi connectivity index (χ4n) is 1.96. The van der Waals surface area contributed by atoms with Gasteiger partial charge in [0.05, 0.1) is 0 Å². The first kappa shape index (κ1) is 12.2. The van der Waals surface area contributed by atoms with Crippen LogP contribution in [-0.4, -0.2) is 0 Å². The lowest BCUT2D eigenvalue weighted by molar-refractivity contribution is 1.36. The molecule has 0 atom stereocenters. The molecular formula is C16H15NO. The Bertz CT molecular complexity index is 580. The van der Waals surface area contributed by atoms with Gasteiger partial charge in [0.1, 0.15) is 5.69 Å². The number of rotatable bonds is 3. The van der Waals surface area contributed by atoms with Crippen LogP contribution in [0, 0.1) is 18.8 Å². The summed E-state index contributed by atoms with van der Waals surface area (Å²) in [5.41, 5.74) is 5.15. The summed E-state index contributed by atoms with van der Waals surface area (Å²) in [6.07, 6.45) is 4.08. The molecule has 0 spiro atoms. The van der Waals surface area contributed by atoms with Crippen LogP contribution in [0.15, 0.2) is 47.6 Å². The van der Waals surface area contributed by atoms with E-state index < -0.39 is 0 Å². The third-order valence-electron chi connectivity index (χ3n) is 2.96. The summed E-state index contributed by atoms with van der Waals surface area (Å²) in [6, 6.07) is 13.5. The van der Waals surface area contributed by atoms with Gasteiger partial charge >= 0.3 is 0 Å². The molecule has 0 aromatic heterocycles. The molecule has 2 rings (SSSR count). The van der Waals surface area contributed by atoms with Crippen LogP contribution in [-0.2, 0) is 0 Å². The van der Waals surface area contributed by atoms with Gasteiger partial charge in [0.25, 0.3) is 0 Å². The molecule has 0 aliphatic rings. The number of nitroso groups, excluding NO2 is 1. The van der Waals surface area contributed by atoms with Gasteiger partial charge in [0.2, 0.25) is 0 Å². The minimum absolute atomic E-state index is 0.457. The zero-order valence-electron chi connectivity index (χ0n) is 10.6. The number of aryl methyl sites for hydroxylation is 2. The van der Waals surface area contributed by atoms with Crippen molar-refractivity contribution in [3.63, 3.8) is 0 Å². The highest BCUT2D eigenvalue weighted by Gasteiger charge is 1.98. The number of hydrogen-bond acceptors (Lipinski definition) is 2. The maximum absolute atomic E-state index is 10.5. The van der Waals surface area contributed by atoms with Crippen molar-refractivity contribution >= 4 is 17.8 Å². The highest BCUT2D eigenvalue weighted by atomic mass is 16.3. The van der Waals surface area contributed by atoms with Crippen LogP contribution in [0.25, 0.3) is 12.2 Å². The van der Waals surface area contributed by atoms with E-state index in [0.717, 1.165) is 5.56 Å². The predicted octanol–water partition coefficient (Wildman–Crippen LogP) is 4.87. The van der Waals surface area contributed by atoms with Crippen molar-refractivity contribution in [3.8, 4) is 0 Å². The molecule has 18 heavy (non-hydrogen) atoms. The molecule has 0 fully saturated rings. The third-order valence-corrected chi connectivity index (χ3v) is 2.96. The first-order valence-electron chi connectivity index (χ1n) is 5.88. The lowest BCUT2D eigenvalue weighted by Gasteiger charge is -2.04. The fraction of sp³-hybridized carbons (Fsp3) is 0.125. The molecule has 0 amide bonds. The van der Waals surface area contributed by atoms with Crippen molar-refractivity contribution < 1.29 is 0 Å². The summed E-state index contributed by atoms with van der Waals surface area (Å²) in [7, 11) is 0. The molecule has 0 radical (unpaired) electrons. The molecule has 0 aliphatic carbocycles. The van der Waals surface area contributed by atoms with Crippen molar-refractivity contribution in [3.05, 3.63) is 69.6 Å². The van der Waals surface area contributed by atoms with Gasteiger partial charge < -0.3 is 0 Å². The van der Waals surface area contributed by atoms with Crippen LogP contribution < -0.4 is 0 Å². The quantitative estimate of drug-likeness (QED) is 0.553. The standard InChI is InChI=1S/C16H15NO/c1-12-5-3-6-13(2)16(12)10-9-14-7-4-8-15(11-14)17-18/h3-11H,1-2H3. The van der Waals surface area contributed by atoms with Crippen molar-refractivity contribution in [1.82, 2.24) is 0 Å². The Labute approximate surface area is 107 Å². The van der Waals surface area contributed by atoms with E-state index >= 15 is 0 Å². The summed E-state index contributed by atoms with van der Waals surface area (Å²) in [4.78, 5) is 10.5. The molecule has 0 aliphatic heterocycles. The fourth-order valence-corrected chi connectivity index (χ4v) is 1.96. The third kappa shape index (κ3) is 2.72. The lowest BCUT2D eigenvalue weighted by atomic mass is 10.0. The van der Waals surface area contributed by atoms with Gasteiger partial charge in [-0.3, -0.25) is 0 Å². The number of benzene rings is 2. The summed E-state index contributed by atoms with van der Waals surface area (Å²) in [5.74, 6) is 0. The van der Waals surface area contributed by atoms with Crippen LogP contribution in [0.4, 0.5) is 5.69 Å². The Kier molecular flexibility index (Phi) is 3.68. The smallest absolute Gasteiger partial charge is 0.108 e. The Balaban J connectivity index is 2.32. The van der Waals surface area contributed by atoms with E-state index in [1.807, 2.05) is 18.2 Å². The second kappa shape index (κ2) is 5.41. The van der Waals surface area contributed by atoms with Gasteiger partial charge in [-0.25, -0.2) is 0 Å². The summed E-state index contributed by atoms with van der Waals surface area (Å²) in [6.45, 7) is 4.19. The van der Waals surface area contributed by atoms with Crippen LogP contribution in [0.3, 0.4) is 0 Å². The second-order valence-corrected chi connectivity index (χ2v) is 4.33. The monoisotopic (exact) mass is 237 g/mol. The van der Waals surface area contributed by atoms with Crippen LogP contribution >= 0.6 is 0 Å². The minimum Gasteiger partial charge on any atom is -0.145 e. The van der Waals surface area contributed by atoms with E-state index in [4.69, 9.17) is 0 Å². The van der Waals surface area contributed by atoms with Gasteiger partial charge in [-0.1, -0.05) is 42.5 Å². The molecule has 0 heterocycles. The van der Waals surface area contributed by atoms with Gasteiger partial charge in [-0.2, -0.15) is 0 Å². The summed E-state index contributed by atoms with van der Waals surface area (Å²) >= 11 is 0. The first-order valence-corrected chi connectivity index (χ1v) is 5.88. The Morgan fingerprint density at radius 2 is 1.61 bits per heavy atom. The molecule has 2 heteroatoms. The van der Waals surface area contributed by atoms with Gasteiger partial charge in [-0.15, -0.1) is 4.91 Å². The van der Waals surface area contributed by atoms with Crippen LogP contribution in [0.2, 0.25) is 0 Å². The number of nitrogens with zero attached hydrogens (tertiary/aromatic N) is 1. The average Bonchev–Trinajstić information content (AvgIpc) is 2.38. The largest absolute Gasteiger partial charge is 0.145 e. The molecule has 2 aromatic carbocycles. The maximum atomic E-state index is 10.5. The number of hydrogen-bond donors (Lipinski definition) is 0. The van der Waals surface area contributed by atoms with Crippen molar-refractivity contribution in [1.29, 1.82) is 0 Å². The van der Waals surface area contributed by atoms with Crippen molar-refractivity contribution in [2.75, 3.05) is 0 Å². The molecular weight excluding hydrogens is 222 g/mol. The van der Waals surface area contributed by atoms with Gasteiger partial charge in [0.15, 0.2) is 0 Å². The second-order valence-electron chi connectivity index (χ2n) is 4.33. The average molecular weight is 237 g/mol. The van der Waals surface area contributed by atoms with Crippen LogP contribution in [0.5, 0.6) is 0 Å². The molecule has 0 saturated carbocycles. The van der Waals surface area contributed by atoms with Gasteiger partial charge in [0, 0.05) is 0 Å². The molecule has 2 aromatic rings. The zero-order valence-corrected chi connectivity index (χ0v) is 10.6. The van der Waals surface area contributed by atoms with Crippen molar-refractivity contribution in [2.24, 2.45) is 5.18 Å². The molecule has 90 valence electrons. The lowest BCUT2D eigenvalue weighted by Crippen LogP contribution is -1.84. The first-order chi connectivity index (χ1) is 8.70. The molecule has 0 saturated heterocycles. The topological polar surface area (TPSA) is 29.4 Å². The van der Waals surface area contributed by atoms with E-state index in [9.17, 15) is 4.91 Å². The summed E-state index contributed by atoms with van der Waals surface area (Å²) in [5, 5.41) is 2.94. The maximum Gasteiger partial charge on any atom is 0.108 e. The highest BCUT2D eigenvalue weighted by molar-refractivity contribution is 5.73. The Morgan fingerprint density at radius 1 is 0.944 bits per heavy atom. The Morgan fingerprint density at radius 3 is 2.28 bits per heavy atom. The predicted molar refractivity (Wildman–Crippen MR) is 76.7 cm³/mol. The van der Waals surface area contributed by atoms with Crippen LogP contribution in [0.1, 0.15) is 22.3 Å². The molecule has 2 nitrogen and oxygen atoms in total. The Hall–Kier alpha value is -2.22. The molecule has 0 bridgehead atoms. The summed E-state index contributed by atoms with van der Waals surface area (Å²) < 4.78 is 0. The normalized spacial score (nSPS) is 10.8. The highest BCUT2D eigenvalue weighted by Crippen LogP contribution is 2.19. The minimum atomic E-state index is 0.457. The molecule has 0 N–H and O–H groups in total. The molecule has 0 unspecified atom stereocenters. The van der Waals surface area contributed by atoms with E-state index in [-0.39, 0.29) is 0 Å². The van der Waals surface area contributed by atoms with E-state index in [1.54, 1.807) is 12.1 Å². The van der Waals surface area contributed by atoms with Crippen molar-refractivity contribution in [2.45, 2.75) is 13.8 Å². The zero-order chi connectivity index (χ0) is 13.0. The van der Waals surface area contributed by atoms with E-state index in [1.165, 1.54) is 16.7 Å². The SMILES string of the molecule is Cc1cccc(C)c1C=Cc1cccc(N=O)c1. The van der Waals surface area contributed by atoms with E-state index in [2.05, 4.69) is 43.3 Å². The van der Waals surface area contributed by atoms with E-state index in [0.29, 0.717) is 5.69 Å².